The van der Waals surface area contributed by atoms with Gasteiger partial charge in [0.1, 0.15) is 0 Å². The number of hydrogen-bond acceptors (Lipinski definition) is 3. The Labute approximate surface area is 300 Å². The number of para-hydroxylation sites is 1. The molecule has 0 aliphatic carbocycles. The topological polar surface area (TPSA) is 15.3 Å². The van der Waals surface area contributed by atoms with Gasteiger partial charge in [-0.1, -0.05) is 133 Å². The van der Waals surface area contributed by atoms with Crippen molar-refractivity contribution in [2.45, 2.75) is 0 Å². The number of benzene rings is 9. The molecule has 1 aromatic heterocycles. The molecule has 2 nitrogen and oxygen atoms in total. The summed E-state index contributed by atoms with van der Waals surface area (Å²) in [5, 5.41) is 13.7. The lowest BCUT2D eigenvalue weighted by Crippen LogP contribution is -2.10. The molecular weight excluding hydrogens is 637 g/mol. The molecule has 0 bridgehead atoms. The van der Waals surface area contributed by atoms with Crippen LogP contribution in [0.25, 0.3) is 63.6 Å². The normalized spacial score (nSPS) is 11.5. The van der Waals surface area contributed by atoms with Crippen LogP contribution in [-0.2, 0) is 0 Å². The summed E-state index contributed by atoms with van der Waals surface area (Å²) < 4.78 is 2.54. The third-order valence-corrected chi connectivity index (χ3v) is 11.2. The second-order valence-electron chi connectivity index (χ2n) is 13.0. The standard InChI is InChI=1S/C48H32N2S/c1-2-15-37(16-3-1)50(46-30-34-13-5-7-18-40(34)41-19-8-9-20-42(41)46)45-23-11-22-43-44-31-36(28-29-47(44)51-48(43)45)49-35-26-24-33(25-27-35)39-21-10-14-32-12-4-6-17-38(32)39/h1-31,49H. The van der Waals surface area contributed by atoms with Crippen LogP contribution in [0.15, 0.2) is 188 Å². The smallest absolute Gasteiger partial charge is 0.0640 e. The number of nitrogens with zero attached hydrogens (tertiary/aromatic N) is 1. The van der Waals surface area contributed by atoms with Gasteiger partial charge in [0, 0.05) is 37.9 Å². The molecule has 51 heavy (non-hydrogen) atoms. The zero-order valence-corrected chi connectivity index (χ0v) is 28.6. The van der Waals surface area contributed by atoms with Crippen molar-refractivity contribution in [2.24, 2.45) is 0 Å². The fourth-order valence-corrected chi connectivity index (χ4v) is 8.81. The van der Waals surface area contributed by atoms with Gasteiger partial charge in [-0.15, -0.1) is 11.3 Å². The van der Waals surface area contributed by atoms with Gasteiger partial charge in [0.25, 0.3) is 0 Å². The molecule has 3 heteroatoms. The molecule has 240 valence electrons. The molecule has 9 aromatic carbocycles. The van der Waals surface area contributed by atoms with Crippen LogP contribution in [0.2, 0.25) is 0 Å². The number of rotatable bonds is 6. The van der Waals surface area contributed by atoms with E-state index in [4.69, 9.17) is 0 Å². The molecule has 0 aliphatic rings. The van der Waals surface area contributed by atoms with E-state index in [9.17, 15) is 0 Å². The maximum Gasteiger partial charge on any atom is 0.0640 e. The molecule has 0 unspecified atom stereocenters. The Morgan fingerprint density at radius 3 is 1.88 bits per heavy atom. The van der Waals surface area contributed by atoms with E-state index < -0.39 is 0 Å². The van der Waals surface area contributed by atoms with E-state index in [0.717, 1.165) is 17.1 Å². The van der Waals surface area contributed by atoms with E-state index in [1.807, 2.05) is 11.3 Å². The minimum absolute atomic E-state index is 1.07. The first-order valence-electron chi connectivity index (χ1n) is 17.3. The molecule has 0 saturated carbocycles. The molecule has 0 saturated heterocycles. The molecule has 1 N–H and O–H groups in total. The van der Waals surface area contributed by atoms with Gasteiger partial charge in [0.05, 0.1) is 16.1 Å². The zero-order chi connectivity index (χ0) is 33.7. The Morgan fingerprint density at radius 2 is 1.04 bits per heavy atom. The van der Waals surface area contributed by atoms with Gasteiger partial charge in [0.15, 0.2) is 0 Å². The van der Waals surface area contributed by atoms with Crippen LogP contribution < -0.4 is 10.2 Å². The average Bonchev–Trinajstić information content (AvgIpc) is 3.57. The van der Waals surface area contributed by atoms with E-state index in [1.54, 1.807) is 0 Å². The summed E-state index contributed by atoms with van der Waals surface area (Å²) >= 11 is 1.86. The molecule has 0 fully saturated rings. The van der Waals surface area contributed by atoms with Gasteiger partial charge in [-0.05, 0) is 92.7 Å². The second-order valence-corrected chi connectivity index (χ2v) is 14.1. The molecule has 10 rings (SSSR count). The van der Waals surface area contributed by atoms with Crippen molar-refractivity contribution >= 4 is 92.3 Å². The summed E-state index contributed by atoms with van der Waals surface area (Å²) in [6.45, 7) is 0. The Bertz CT molecular complexity index is 2880. The highest BCUT2D eigenvalue weighted by molar-refractivity contribution is 7.26. The number of fused-ring (bicyclic) bond motifs is 7. The summed E-state index contributed by atoms with van der Waals surface area (Å²) in [5.41, 5.74) is 8.10. The van der Waals surface area contributed by atoms with Crippen molar-refractivity contribution in [2.75, 3.05) is 10.2 Å². The lowest BCUT2D eigenvalue weighted by Gasteiger charge is -2.28. The molecule has 0 amide bonds. The fourth-order valence-electron chi connectivity index (χ4n) is 7.62. The Morgan fingerprint density at radius 1 is 0.392 bits per heavy atom. The molecule has 10 aromatic rings. The second kappa shape index (κ2) is 12.2. The Kier molecular flexibility index (Phi) is 7.04. The number of hydrogen-bond donors (Lipinski definition) is 1. The summed E-state index contributed by atoms with van der Waals surface area (Å²) in [6, 6.07) is 68.0. The summed E-state index contributed by atoms with van der Waals surface area (Å²) in [4.78, 5) is 2.45. The number of anilines is 5. The SMILES string of the molecule is c1ccc(N(c2cc3ccccc3c3ccccc23)c2cccc3c2sc2ccc(Nc4ccc(-c5cccc6ccccc56)cc4)cc23)cc1. The Hall–Kier alpha value is -6.42. The lowest BCUT2D eigenvalue weighted by atomic mass is 9.98. The number of nitrogens with one attached hydrogen (secondary N) is 1. The van der Waals surface area contributed by atoms with Crippen LogP contribution in [-0.4, -0.2) is 0 Å². The van der Waals surface area contributed by atoms with Gasteiger partial charge in [-0.25, -0.2) is 0 Å². The van der Waals surface area contributed by atoms with Crippen LogP contribution >= 0.6 is 11.3 Å². The van der Waals surface area contributed by atoms with E-state index in [2.05, 4.69) is 198 Å². The van der Waals surface area contributed by atoms with Gasteiger partial charge in [0.2, 0.25) is 0 Å². The molecule has 0 radical (unpaired) electrons. The minimum Gasteiger partial charge on any atom is -0.356 e. The summed E-state index contributed by atoms with van der Waals surface area (Å²) in [7, 11) is 0. The average molecular weight is 669 g/mol. The van der Waals surface area contributed by atoms with E-state index in [0.29, 0.717) is 0 Å². The first-order chi connectivity index (χ1) is 25.3. The largest absolute Gasteiger partial charge is 0.356 e. The van der Waals surface area contributed by atoms with E-state index in [-0.39, 0.29) is 0 Å². The lowest BCUT2D eigenvalue weighted by molar-refractivity contribution is 1.32. The third kappa shape index (κ3) is 5.10. The van der Waals surface area contributed by atoms with Gasteiger partial charge in [-0.3, -0.25) is 0 Å². The molecule has 0 atom stereocenters. The van der Waals surface area contributed by atoms with Gasteiger partial charge in [-0.2, -0.15) is 0 Å². The Balaban J connectivity index is 1.07. The van der Waals surface area contributed by atoms with Crippen LogP contribution in [0.5, 0.6) is 0 Å². The van der Waals surface area contributed by atoms with E-state index in [1.165, 1.54) is 75.0 Å². The number of thiophene rings is 1. The minimum atomic E-state index is 1.07. The zero-order valence-electron chi connectivity index (χ0n) is 27.8. The highest BCUT2D eigenvalue weighted by atomic mass is 32.1. The first kappa shape index (κ1) is 29.5. The van der Waals surface area contributed by atoms with Crippen molar-refractivity contribution in [3.05, 3.63) is 188 Å². The fraction of sp³-hybridized carbons (Fsp3) is 0. The van der Waals surface area contributed by atoms with Gasteiger partial charge < -0.3 is 10.2 Å². The van der Waals surface area contributed by atoms with Crippen LogP contribution in [0.4, 0.5) is 28.4 Å². The molecular formula is C48H32N2S. The van der Waals surface area contributed by atoms with Crippen molar-refractivity contribution < 1.29 is 0 Å². The summed E-state index contributed by atoms with van der Waals surface area (Å²) in [5.74, 6) is 0. The highest BCUT2D eigenvalue weighted by Crippen LogP contribution is 2.47. The van der Waals surface area contributed by atoms with Crippen LogP contribution in [0.3, 0.4) is 0 Å². The monoisotopic (exact) mass is 668 g/mol. The molecule has 0 spiro atoms. The summed E-state index contributed by atoms with van der Waals surface area (Å²) in [6.07, 6.45) is 0. The quantitative estimate of drug-likeness (QED) is 0.177. The van der Waals surface area contributed by atoms with E-state index >= 15 is 0 Å². The van der Waals surface area contributed by atoms with Gasteiger partial charge >= 0.3 is 0 Å². The third-order valence-electron chi connectivity index (χ3n) is 9.99. The molecule has 0 aliphatic heterocycles. The predicted octanol–water partition coefficient (Wildman–Crippen LogP) is 14.4. The predicted molar refractivity (Wildman–Crippen MR) is 222 cm³/mol. The van der Waals surface area contributed by atoms with Crippen molar-refractivity contribution in [1.82, 2.24) is 0 Å². The maximum absolute atomic E-state index is 3.69. The molecule has 1 heterocycles. The van der Waals surface area contributed by atoms with Crippen molar-refractivity contribution in [3.8, 4) is 11.1 Å². The van der Waals surface area contributed by atoms with Crippen LogP contribution in [0, 0.1) is 0 Å². The van der Waals surface area contributed by atoms with Crippen molar-refractivity contribution in [1.29, 1.82) is 0 Å². The maximum atomic E-state index is 3.69. The van der Waals surface area contributed by atoms with Crippen LogP contribution in [0.1, 0.15) is 0 Å². The van der Waals surface area contributed by atoms with Crippen molar-refractivity contribution in [3.63, 3.8) is 0 Å². The first-order valence-corrected chi connectivity index (χ1v) is 18.2. The highest BCUT2D eigenvalue weighted by Gasteiger charge is 2.21.